The third kappa shape index (κ3) is 2.28. The molecule has 1 rings (SSSR count). The van der Waals surface area contributed by atoms with E-state index in [1.54, 1.807) is 0 Å². The number of hydrogen-bond acceptors (Lipinski definition) is 1. The SMILES string of the molecule is Cc1cc(S(F)(F)(F)(F)F)ccc1N. The van der Waals surface area contributed by atoms with E-state index >= 15 is 0 Å². The Morgan fingerprint density at radius 2 is 1.57 bits per heavy atom. The van der Waals surface area contributed by atoms with Gasteiger partial charge in [0.15, 0.2) is 0 Å². The lowest BCUT2D eigenvalue weighted by Crippen LogP contribution is -2.06. The molecule has 0 spiro atoms. The molecule has 82 valence electrons. The predicted molar refractivity (Wildman–Crippen MR) is 47.0 cm³/mol. The van der Waals surface area contributed by atoms with Crippen LogP contribution in [0.2, 0.25) is 0 Å². The summed E-state index contributed by atoms with van der Waals surface area (Å²) < 4.78 is 61.1. The number of nitrogens with two attached hydrogens (primary N) is 1. The van der Waals surface area contributed by atoms with Gasteiger partial charge in [0.25, 0.3) is 0 Å². The van der Waals surface area contributed by atoms with Gasteiger partial charge in [-0.1, -0.05) is 19.4 Å². The Morgan fingerprint density at radius 1 is 1.07 bits per heavy atom. The lowest BCUT2D eigenvalue weighted by Gasteiger charge is -2.40. The monoisotopic (exact) mass is 233 g/mol. The maximum Gasteiger partial charge on any atom is 0.310 e. The zero-order valence-electron chi connectivity index (χ0n) is 7.11. The highest BCUT2D eigenvalue weighted by atomic mass is 32.5. The summed E-state index contributed by atoms with van der Waals surface area (Å²) in [6.45, 7) is 1.24. The first-order valence-electron chi connectivity index (χ1n) is 3.50. The van der Waals surface area contributed by atoms with Gasteiger partial charge in [0, 0.05) is 5.69 Å². The van der Waals surface area contributed by atoms with Crippen LogP contribution in [0.4, 0.5) is 25.1 Å². The fraction of sp³-hybridized carbons (Fsp3) is 0.143. The molecular formula is C7H8F5NS. The highest BCUT2D eigenvalue weighted by molar-refractivity contribution is 8.45. The summed E-state index contributed by atoms with van der Waals surface area (Å²) in [6.07, 6.45) is 0. The van der Waals surface area contributed by atoms with Crippen molar-refractivity contribution < 1.29 is 19.4 Å². The quantitative estimate of drug-likeness (QED) is 0.570. The van der Waals surface area contributed by atoms with Crippen LogP contribution in [0.1, 0.15) is 5.56 Å². The third-order valence-corrected chi connectivity index (χ3v) is 2.83. The van der Waals surface area contributed by atoms with Crippen molar-refractivity contribution in [2.24, 2.45) is 0 Å². The summed E-state index contributed by atoms with van der Waals surface area (Å²) in [7, 11) is -9.54. The van der Waals surface area contributed by atoms with Gasteiger partial charge < -0.3 is 5.73 Å². The van der Waals surface area contributed by atoms with Crippen LogP contribution in [0, 0.1) is 6.92 Å². The first-order chi connectivity index (χ1) is 5.90. The lowest BCUT2D eigenvalue weighted by molar-refractivity contribution is 0.364. The largest absolute Gasteiger partial charge is 0.399 e. The van der Waals surface area contributed by atoms with Crippen LogP contribution in [0.5, 0.6) is 0 Å². The molecule has 0 amide bonds. The first-order valence-corrected chi connectivity index (χ1v) is 5.45. The van der Waals surface area contributed by atoms with Crippen molar-refractivity contribution >= 4 is 15.9 Å². The summed E-state index contributed by atoms with van der Waals surface area (Å²) in [4.78, 5) is -1.91. The van der Waals surface area contributed by atoms with Crippen molar-refractivity contribution in [1.29, 1.82) is 0 Å². The van der Waals surface area contributed by atoms with E-state index in [9.17, 15) is 19.4 Å². The molecule has 0 atom stereocenters. The molecule has 1 aromatic carbocycles. The average molecular weight is 233 g/mol. The molecule has 0 saturated heterocycles. The van der Waals surface area contributed by atoms with Crippen LogP contribution in [0.3, 0.4) is 0 Å². The molecule has 0 fully saturated rings. The van der Waals surface area contributed by atoms with Crippen molar-refractivity contribution in [1.82, 2.24) is 0 Å². The number of hydrogen-bond donors (Lipinski definition) is 1. The number of nitrogen functional groups attached to an aromatic ring is 1. The van der Waals surface area contributed by atoms with E-state index in [1.165, 1.54) is 6.92 Å². The van der Waals surface area contributed by atoms with E-state index in [4.69, 9.17) is 5.73 Å². The molecule has 0 radical (unpaired) electrons. The van der Waals surface area contributed by atoms with Crippen molar-refractivity contribution in [3.05, 3.63) is 23.8 Å². The third-order valence-electron chi connectivity index (χ3n) is 1.69. The second kappa shape index (κ2) is 2.16. The zero-order chi connectivity index (χ0) is 11.3. The second-order valence-corrected chi connectivity index (χ2v) is 5.40. The summed E-state index contributed by atoms with van der Waals surface area (Å²) >= 11 is 0. The Kier molecular flexibility index (Phi) is 1.71. The maximum atomic E-state index is 12.2. The standard InChI is InChI=1S/C7H8F5NS/c1-5-4-6(2-3-7(5)13)14(8,9,10,11)12/h2-4H,13H2,1H3. The maximum absolute atomic E-state index is 12.2. The van der Waals surface area contributed by atoms with E-state index in [2.05, 4.69) is 0 Å². The number of benzene rings is 1. The van der Waals surface area contributed by atoms with E-state index in [1.807, 2.05) is 0 Å². The van der Waals surface area contributed by atoms with Crippen LogP contribution < -0.4 is 5.73 Å². The van der Waals surface area contributed by atoms with Crippen LogP contribution in [-0.4, -0.2) is 0 Å². The second-order valence-electron chi connectivity index (χ2n) is 2.99. The molecule has 0 aromatic heterocycles. The molecule has 0 unspecified atom stereocenters. The smallest absolute Gasteiger partial charge is 0.310 e. The molecule has 1 aromatic rings. The Labute approximate surface area is 77.4 Å². The van der Waals surface area contributed by atoms with Crippen molar-refractivity contribution in [3.63, 3.8) is 0 Å². The van der Waals surface area contributed by atoms with E-state index in [-0.39, 0.29) is 11.3 Å². The molecule has 1 nitrogen and oxygen atoms in total. The normalized spacial score (nSPS) is 17.3. The minimum absolute atomic E-state index is 0.0178. The minimum Gasteiger partial charge on any atom is -0.399 e. The molecule has 7 heteroatoms. The predicted octanol–water partition coefficient (Wildman–Crippen LogP) is 4.23. The molecule has 14 heavy (non-hydrogen) atoms. The first kappa shape index (κ1) is 11.1. The number of halogens is 5. The molecule has 0 aliphatic carbocycles. The van der Waals surface area contributed by atoms with Gasteiger partial charge in [-0.05, 0) is 30.7 Å². The van der Waals surface area contributed by atoms with Gasteiger partial charge in [0.05, 0.1) is 0 Å². The molecule has 0 aliphatic rings. The van der Waals surface area contributed by atoms with Crippen molar-refractivity contribution in [3.8, 4) is 0 Å². The van der Waals surface area contributed by atoms with Gasteiger partial charge in [-0.25, -0.2) is 0 Å². The average Bonchev–Trinajstić information content (AvgIpc) is 1.89. The van der Waals surface area contributed by atoms with Crippen molar-refractivity contribution in [2.75, 3.05) is 5.73 Å². The summed E-state index contributed by atoms with van der Waals surface area (Å²) in [5.74, 6) is 0. The van der Waals surface area contributed by atoms with Gasteiger partial charge in [-0.3, -0.25) is 0 Å². The van der Waals surface area contributed by atoms with Crippen LogP contribution in [-0.2, 0) is 0 Å². The van der Waals surface area contributed by atoms with Gasteiger partial charge in [0.2, 0.25) is 0 Å². The molecule has 0 heterocycles. The Balaban J connectivity index is 3.45. The highest BCUT2D eigenvalue weighted by Crippen LogP contribution is 3.02. The molecular weight excluding hydrogens is 225 g/mol. The van der Waals surface area contributed by atoms with E-state index in [0.29, 0.717) is 12.1 Å². The number of aryl methyl sites for hydroxylation is 1. The summed E-state index contributed by atoms with van der Waals surface area (Å²) in [5.41, 5.74) is 5.25. The van der Waals surface area contributed by atoms with Gasteiger partial charge >= 0.3 is 10.2 Å². The fourth-order valence-corrected chi connectivity index (χ4v) is 1.61. The number of anilines is 1. The highest BCUT2D eigenvalue weighted by Gasteiger charge is 2.65. The van der Waals surface area contributed by atoms with Gasteiger partial charge in [-0.15, -0.1) is 0 Å². The Bertz CT molecular complexity index is 382. The van der Waals surface area contributed by atoms with Crippen LogP contribution in [0.15, 0.2) is 23.1 Å². The topological polar surface area (TPSA) is 26.0 Å². The van der Waals surface area contributed by atoms with Crippen molar-refractivity contribution in [2.45, 2.75) is 11.8 Å². The van der Waals surface area contributed by atoms with E-state index < -0.39 is 15.1 Å². The fourth-order valence-electron chi connectivity index (χ4n) is 0.888. The summed E-state index contributed by atoms with van der Waals surface area (Å²) in [5, 5.41) is 0. The molecule has 0 saturated carbocycles. The molecule has 0 aliphatic heterocycles. The van der Waals surface area contributed by atoms with Crippen LogP contribution >= 0.6 is 10.2 Å². The lowest BCUT2D eigenvalue weighted by atomic mass is 10.2. The molecule has 0 bridgehead atoms. The van der Waals surface area contributed by atoms with Gasteiger partial charge in [-0.2, -0.15) is 0 Å². The summed E-state index contributed by atoms with van der Waals surface area (Å²) in [6, 6.07) is 1.48. The molecule has 2 N–H and O–H groups in total. The van der Waals surface area contributed by atoms with Crippen LogP contribution in [0.25, 0.3) is 0 Å². The minimum atomic E-state index is -9.54. The Hall–Kier alpha value is -0.980. The number of rotatable bonds is 1. The zero-order valence-corrected chi connectivity index (χ0v) is 7.92. The Morgan fingerprint density at radius 3 is 1.93 bits per heavy atom. The van der Waals surface area contributed by atoms with Gasteiger partial charge in [0.1, 0.15) is 4.90 Å². The van der Waals surface area contributed by atoms with E-state index in [0.717, 1.165) is 6.07 Å².